The van der Waals surface area contributed by atoms with Crippen molar-refractivity contribution in [2.45, 2.75) is 6.92 Å². The molecule has 0 unspecified atom stereocenters. The van der Waals surface area contributed by atoms with Gasteiger partial charge in [0.05, 0.1) is 30.5 Å². The summed E-state index contributed by atoms with van der Waals surface area (Å²) in [6.07, 6.45) is 1.44. The number of nitrogens with one attached hydrogen (secondary N) is 2. The van der Waals surface area contributed by atoms with E-state index >= 15 is 0 Å². The van der Waals surface area contributed by atoms with E-state index in [1.807, 2.05) is 19.1 Å². The first-order valence-corrected chi connectivity index (χ1v) is 11.4. The molecular formula is C25H22IN3O5. The summed E-state index contributed by atoms with van der Waals surface area (Å²) in [5, 5.41) is 6.43. The number of hydrogen-bond donors (Lipinski definition) is 2. The van der Waals surface area contributed by atoms with E-state index in [-0.39, 0.29) is 12.5 Å². The van der Waals surface area contributed by atoms with E-state index in [2.05, 4.69) is 38.4 Å². The second kappa shape index (κ2) is 12.5. The van der Waals surface area contributed by atoms with Crippen LogP contribution in [0.5, 0.6) is 11.5 Å². The summed E-state index contributed by atoms with van der Waals surface area (Å²) < 4.78 is 11.5. The molecule has 2 N–H and O–H groups in total. The van der Waals surface area contributed by atoms with Crippen molar-refractivity contribution in [3.8, 4) is 11.5 Å². The minimum Gasteiger partial charge on any atom is -0.494 e. The lowest BCUT2D eigenvalue weighted by atomic mass is 10.2. The SMILES string of the molecule is CCOc1ccc(C(=O)Oc2ccc(C=NNC(=O)CNC(=O)c3ccccc3I)cc2)cc1. The molecule has 34 heavy (non-hydrogen) atoms. The Hall–Kier alpha value is -3.73. The normalized spacial score (nSPS) is 10.5. The molecule has 0 radical (unpaired) electrons. The maximum absolute atomic E-state index is 12.3. The van der Waals surface area contributed by atoms with Crippen LogP contribution >= 0.6 is 22.6 Å². The highest BCUT2D eigenvalue weighted by molar-refractivity contribution is 14.1. The topological polar surface area (TPSA) is 106 Å². The highest BCUT2D eigenvalue weighted by atomic mass is 127. The highest BCUT2D eigenvalue weighted by Gasteiger charge is 2.11. The zero-order valence-corrected chi connectivity index (χ0v) is 20.4. The highest BCUT2D eigenvalue weighted by Crippen LogP contribution is 2.16. The van der Waals surface area contributed by atoms with Gasteiger partial charge in [-0.2, -0.15) is 5.10 Å². The molecule has 0 bridgehead atoms. The molecule has 0 saturated carbocycles. The molecule has 0 aliphatic heterocycles. The minimum atomic E-state index is -0.482. The van der Waals surface area contributed by atoms with Crippen LogP contribution in [-0.2, 0) is 4.79 Å². The van der Waals surface area contributed by atoms with Gasteiger partial charge in [-0.05, 0) is 95.7 Å². The van der Waals surface area contributed by atoms with E-state index in [1.54, 1.807) is 60.7 Å². The molecule has 2 amide bonds. The van der Waals surface area contributed by atoms with Gasteiger partial charge < -0.3 is 14.8 Å². The fraction of sp³-hybridized carbons (Fsp3) is 0.120. The van der Waals surface area contributed by atoms with Gasteiger partial charge in [-0.3, -0.25) is 9.59 Å². The van der Waals surface area contributed by atoms with Gasteiger partial charge in [-0.15, -0.1) is 0 Å². The smallest absolute Gasteiger partial charge is 0.343 e. The molecule has 0 aliphatic carbocycles. The van der Waals surface area contributed by atoms with Crippen LogP contribution in [0.1, 0.15) is 33.2 Å². The van der Waals surface area contributed by atoms with Gasteiger partial charge in [0, 0.05) is 3.57 Å². The van der Waals surface area contributed by atoms with Gasteiger partial charge in [0.1, 0.15) is 11.5 Å². The molecule has 0 fully saturated rings. The number of benzene rings is 3. The van der Waals surface area contributed by atoms with Crippen LogP contribution in [0.25, 0.3) is 0 Å². The molecule has 174 valence electrons. The fourth-order valence-corrected chi connectivity index (χ4v) is 3.39. The first kappa shape index (κ1) is 24.9. The molecule has 0 aliphatic rings. The first-order chi connectivity index (χ1) is 16.5. The van der Waals surface area contributed by atoms with Crippen molar-refractivity contribution in [1.82, 2.24) is 10.7 Å². The zero-order chi connectivity index (χ0) is 24.3. The van der Waals surface area contributed by atoms with Crippen LogP contribution in [0, 0.1) is 3.57 Å². The lowest BCUT2D eigenvalue weighted by Gasteiger charge is -2.06. The molecule has 0 atom stereocenters. The number of carbonyl (C=O) groups is 3. The third-order valence-corrected chi connectivity index (χ3v) is 5.36. The van der Waals surface area contributed by atoms with Crippen molar-refractivity contribution in [2.75, 3.05) is 13.2 Å². The maximum atomic E-state index is 12.3. The van der Waals surface area contributed by atoms with E-state index in [1.165, 1.54) is 6.21 Å². The summed E-state index contributed by atoms with van der Waals surface area (Å²) in [5.41, 5.74) is 3.95. The molecule has 9 heteroatoms. The largest absolute Gasteiger partial charge is 0.494 e. The van der Waals surface area contributed by atoms with E-state index in [9.17, 15) is 14.4 Å². The average molecular weight is 571 g/mol. The number of halogens is 1. The van der Waals surface area contributed by atoms with Crippen molar-refractivity contribution in [1.29, 1.82) is 0 Å². The Balaban J connectivity index is 1.45. The van der Waals surface area contributed by atoms with Crippen molar-refractivity contribution in [3.05, 3.63) is 93.1 Å². The Bertz CT molecular complexity index is 1180. The Labute approximate surface area is 210 Å². The summed E-state index contributed by atoms with van der Waals surface area (Å²) in [5.74, 6) is -0.221. The summed E-state index contributed by atoms with van der Waals surface area (Å²) in [4.78, 5) is 36.3. The first-order valence-electron chi connectivity index (χ1n) is 10.4. The lowest BCUT2D eigenvalue weighted by Crippen LogP contribution is -2.35. The van der Waals surface area contributed by atoms with Gasteiger partial charge in [0.2, 0.25) is 0 Å². The number of hydrazone groups is 1. The standard InChI is InChI=1S/C25H22IN3O5/c1-2-33-19-13-9-18(10-14-19)25(32)34-20-11-7-17(8-12-20)15-28-29-23(30)16-27-24(31)21-5-3-4-6-22(21)26/h3-15H,2,16H2,1H3,(H,27,31)(H,29,30). The van der Waals surface area contributed by atoms with E-state index in [0.29, 0.717) is 34.8 Å². The Kier molecular flexibility index (Phi) is 9.15. The molecule has 3 aromatic rings. The molecule has 0 heterocycles. The number of carbonyl (C=O) groups excluding carboxylic acids is 3. The van der Waals surface area contributed by atoms with Crippen LogP contribution in [0.4, 0.5) is 0 Å². The lowest BCUT2D eigenvalue weighted by molar-refractivity contribution is -0.120. The van der Waals surface area contributed by atoms with Gasteiger partial charge in [-0.25, -0.2) is 10.2 Å². The average Bonchev–Trinajstić information content (AvgIpc) is 2.84. The van der Waals surface area contributed by atoms with Crippen molar-refractivity contribution in [3.63, 3.8) is 0 Å². The van der Waals surface area contributed by atoms with Crippen LogP contribution in [-0.4, -0.2) is 37.1 Å². The molecular weight excluding hydrogens is 549 g/mol. The van der Waals surface area contributed by atoms with Gasteiger partial charge in [-0.1, -0.05) is 12.1 Å². The summed E-state index contributed by atoms with van der Waals surface area (Å²) in [7, 11) is 0. The number of amides is 2. The van der Waals surface area contributed by atoms with Gasteiger partial charge in [0.15, 0.2) is 0 Å². The molecule has 3 rings (SSSR count). The van der Waals surface area contributed by atoms with Crippen molar-refractivity contribution >= 4 is 46.6 Å². The molecule has 3 aromatic carbocycles. The van der Waals surface area contributed by atoms with Crippen molar-refractivity contribution < 1.29 is 23.9 Å². The molecule has 0 saturated heterocycles. The van der Waals surface area contributed by atoms with Crippen LogP contribution < -0.4 is 20.2 Å². The van der Waals surface area contributed by atoms with Crippen LogP contribution in [0.2, 0.25) is 0 Å². The van der Waals surface area contributed by atoms with Crippen LogP contribution in [0.15, 0.2) is 77.9 Å². The Morgan fingerprint density at radius 1 is 0.941 bits per heavy atom. The second-order valence-electron chi connectivity index (χ2n) is 6.87. The van der Waals surface area contributed by atoms with Gasteiger partial charge >= 0.3 is 5.97 Å². The summed E-state index contributed by atoms with van der Waals surface area (Å²) in [6.45, 7) is 2.23. The number of ether oxygens (including phenoxy) is 2. The number of rotatable bonds is 9. The predicted molar refractivity (Wildman–Crippen MR) is 136 cm³/mol. The molecule has 8 nitrogen and oxygen atoms in total. The third kappa shape index (κ3) is 7.41. The Morgan fingerprint density at radius 3 is 2.29 bits per heavy atom. The monoisotopic (exact) mass is 571 g/mol. The van der Waals surface area contributed by atoms with Gasteiger partial charge in [0.25, 0.3) is 11.8 Å². The quantitative estimate of drug-likeness (QED) is 0.134. The number of hydrogen-bond acceptors (Lipinski definition) is 6. The van der Waals surface area contributed by atoms with E-state index in [0.717, 1.165) is 3.57 Å². The predicted octanol–water partition coefficient (Wildman–Crippen LogP) is 3.79. The van der Waals surface area contributed by atoms with E-state index < -0.39 is 11.9 Å². The number of esters is 1. The Morgan fingerprint density at radius 2 is 1.62 bits per heavy atom. The fourth-order valence-electron chi connectivity index (χ4n) is 2.76. The van der Waals surface area contributed by atoms with Crippen molar-refractivity contribution in [2.24, 2.45) is 5.10 Å². The maximum Gasteiger partial charge on any atom is 0.343 e. The number of nitrogens with zero attached hydrogens (tertiary/aromatic N) is 1. The summed E-state index contributed by atoms with van der Waals surface area (Å²) >= 11 is 2.06. The summed E-state index contributed by atoms with van der Waals surface area (Å²) in [6, 6.07) is 20.4. The molecule has 0 aromatic heterocycles. The molecule has 0 spiro atoms. The van der Waals surface area contributed by atoms with E-state index in [4.69, 9.17) is 9.47 Å². The second-order valence-corrected chi connectivity index (χ2v) is 8.03. The van der Waals surface area contributed by atoms with Crippen LogP contribution in [0.3, 0.4) is 0 Å². The third-order valence-electron chi connectivity index (χ3n) is 4.42. The zero-order valence-electron chi connectivity index (χ0n) is 18.3. The minimum absolute atomic E-state index is 0.207.